The minimum atomic E-state index is -4.40. The fourth-order valence-corrected chi connectivity index (χ4v) is 1.88. The van der Waals surface area contributed by atoms with Crippen LogP contribution in [0.2, 0.25) is 0 Å². The molecule has 4 nitrogen and oxygen atoms in total. The summed E-state index contributed by atoms with van der Waals surface area (Å²) in [7, 11) is 1.56. The van der Waals surface area contributed by atoms with E-state index < -0.39 is 10.4 Å². The van der Waals surface area contributed by atoms with Crippen molar-refractivity contribution in [1.82, 2.24) is 5.32 Å². The van der Waals surface area contributed by atoms with E-state index in [0.717, 1.165) is 18.2 Å². The summed E-state index contributed by atoms with van der Waals surface area (Å²) in [6, 6.07) is 3.32. The Morgan fingerprint density at radius 3 is 2.59 bits per heavy atom. The number of hydrogen-bond donors (Lipinski definition) is 1. The smallest absolute Gasteiger partial charge is 0.316 e. The molecule has 0 heterocycles. The monoisotopic (exact) mass is 266 g/mol. The van der Waals surface area contributed by atoms with E-state index >= 15 is 0 Å². The van der Waals surface area contributed by atoms with E-state index in [1.54, 1.807) is 7.05 Å². The quantitative estimate of drug-likeness (QED) is 0.517. The Kier molecular flexibility index (Phi) is 4.35. The molecule has 1 aromatic rings. The van der Waals surface area contributed by atoms with E-state index in [9.17, 15) is 23.3 Å². The molecule has 94 valence electrons. The van der Waals surface area contributed by atoms with E-state index in [1.807, 2.05) is 0 Å². The van der Waals surface area contributed by atoms with Crippen LogP contribution in [0.3, 0.4) is 0 Å². The molecular weight excluding hydrogens is 257 g/mol. The molecule has 0 fully saturated rings. The first-order chi connectivity index (χ1) is 7.83. The number of thioether (sulfide) groups is 1. The van der Waals surface area contributed by atoms with Crippen LogP contribution in [0.4, 0.5) is 18.9 Å². The van der Waals surface area contributed by atoms with Crippen molar-refractivity contribution in [3.05, 3.63) is 33.9 Å². The molecule has 0 aliphatic rings. The third kappa shape index (κ3) is 4.23. The fraction of sp³-hybridized carbons (Fsp3) is 0.333. The van der Waals surface area contributed by atoms with Gasteiger partial charge in [-0.15, -0.1) is 0 Å². The molecule has 1 N–H and O–H groups in total. The third-order valence-electron chi connectivity index (χ3n) is 1.85. The van der Waals surface area contributed by atoms with Crippen LogP contribution in [0.5, 0.6) is 0 Å². The van der Waals surface area contributed by atoms with Gasteiger partial charge in [0.25, 0.3) is 5.69 Å². The summed E-state index contributed by atoms with van der Waals surface area (Å²) < 4.78 is 36.7. The van der Waals surface area contributed by atoms with Gasteiger partial charge in [0.1, 0.15) is 0 Å². The summed E-state index contributed by atoms with van der Waals surface area (Å²) in [4.78, 5) is 9.84. The first-order valence-corrected chi connectivity index (χ1v) is 5.33. The molecule has 0 saturated heterocycles. The molecule has 0 radical (unpaired) electrons. The summed E-state index contributed by atoms with van der Waals surface area (Å²) in [5.74, 6) is 0. The van der Waals surface area contributed by atoms with E-state index in [0.29, 0.717) is 0 Å². The van der Waals surface area contributed by atoms with Gasteiger partial charge in [-0.2, -0.15) is 13.2 Å². The second-order valence-corrected chi connectivity index (χ2v) is 4.23. The predicted molar refractivity (Wildman–Crippen MR) is 57.8 cm³/mol. The van der Waals surface area contributed by atoms with Crippen molar-refractivity contribution < 1.29 is 18.1 Å². The van der Waals surface area contributed by atoms with Crippen molar-refractivity contribution in [2.45, 2.75) is 16.9 Å². The molecule has 0 spiro atoms. The summed E-state index contributed by atoms with van der Waals surface area (Å²) in [5.41, 5.74) is -4.37. The van der Waals surface area contributed by atoms with E-state index in [1.165, 1.54) is 0 Å². The third-order valence-corrected chi connectivity index (χ3v) is 2.70. The second kappa shape index (κ2) is 5.37. The van der Waals surface area contributed by atoms with Crippen LogP contribution in [-0.2, 0) is 6.54 Å². The van der Waals surface area contributed by atoms with E-state index in [2.05, 4.69) is 5.32 Å². The minimum absolute atomic E-state index is 0.0301. The Balaban J connectivity index is 3.08. The van der Waals surface area contributed by atoms with Crippen LogP contribution >= 0.6 is 11.8 Å². The summed E-state index contributed by atoms with van der Waals surface area (Å²) in [5, 5.41) is 13.2. The number of alkyl halides is 3. The Morgan fingerprint density at radius 1 is 1.47 bits per heavy atom. The highest BCUT2D eigenvalue weighted by atomic mass is 32.2. The topological polar surface area (TPSA) is 55.2 Å². The largest absolute Gasteiger partial charge is 0.446 e. The van der Waals surface area contributed by atoms with Gasteiger partial charge in [-0.3, -0.25) is 10.1 Å². The van der Waals surface area contributed by atoms with Crippen molar-refractivity contribution in [2.75, 3.05) is 7.05 Å². The first kappa shape index (κ1) is 13.8. The van der Waals surface area contributed by atoms with Gasteiger partial charge < -0.3 is 5.32 Å². The molecule has 0 aromatic heterocycles. The highest BCUT2D eigenvalue weighted by molar-refractivity contribution is 8.00. The van der Waals surface area contributed by atoms with E-state index in [-0.39, 0.29) is 34.5 Å². The molecule has 1 aromatic carbocycles. The van der Waals surface area contributed by atoms with Crippen molar-refractivity contribution in [3.8, 4) is 0 Å². The number of hydrogen-bond acceptors (Lipinski definition) is 4. The lowest BCUT2D eigenvalue weighted by molar-refractivity contribution is -0.385. The average molecular weight is 266 g/mol. The summed E-state index contributed by atoms with van der Waals surface area (Å²) in [6.45, 7) is 0.139. The van der Waals surface area contributed by atoms with Gasteiger partial charge in [0.15, 0.2) is 0 Å². The van der Waals surface area contributed by atoms with Crippen molar-refractivity contribution >= 4 is 17.4 Å². The number of nitro groups is 1. The number of halogens is 3. The molecule has 0 saturated carbocycles. The highest BCUT2D eigenvalue weighted by Crippen LogP contribution is 2.39. The van der Waals surface area contributed by atoms with Gasteiger partial charge in [-0.25, -0.2) is 0 Å². The maximum atomic E-state index is 12.2. The lowest BCUT2D eigenvalue weighted by Crippen LogP contribution is -2.08. The molecule has 0 bridgehead atoms. The van der Waals surface area contributed by atoms with Gasteiger partial charge in [-0.05, 0) is 30.4 Å². The molecule has 17 heavy (non-hydrogen) atoms. The number of nitrogens with one attached hydrogen (secondary N) is 1. The fourth-order valence-electron chi connectivity index (χ4n) is 1.23. The maximum absolute atomic E-state index is 12.2. The average Bonchev–Trinajstić information content (AvgIpc) is 2.18. The standard InChI is InChI=1S/C9H9F3N2O2S/c1-13-5-6-4-7(14(15)16)2-3-8(6)17-9(10,11)12/h2-4,13H,5H2,1H3. The summed E-state index contributed by atoms with van der Waals surface area (Å²) in [6.07, 6.45) is 0. The molecule has 0 amide bonds. The molecule has 8 heteroatoms. The number of rotatable bonds is 4. The van der Waals surface area contributed by atoms with Crippen molar-refractivity contribution in [2.24, 2.45) is 0 Å². The second-order valence-electron chi connectivity index (χ2n) is 3.13. The van der Waals surface area contributed by atoms with E-state index in [4.69, 9.17) is 0 Å². The number of nitrogens with zero attached hydrogens (tertiary/aromatic N) is 1. The van der Waals surface area contributed by atoms with Crippen LogP contribution in [0.25, 0.3) is 0 Å². The molecule has 0 aliphatic carbocycles. The predicted octanol–water partition coefficient (Wildman–Crippen LogP) is 2.93. The summed E-state index contributed by atoms with van der Waals surface area (Å²) >= 11 is -0.275. The lowest BCUT2D eigenvalue weighted by atomic mass is 10.2. The molecule has 0 atom stereocenters. The zero-order chi connectivity index (χ0) is 13.1. The Morgan fingerprint density at radius 2 is 2.12 bits per heavy atom. The SMILES string of the molecule is CNCc1cc([N+](=O)[O-])ccc1SC(F)(F)F. The van der Waals surface area contributed by atoms with Crippen LogP contribution in [0.15, 0.2) is 23.1 Å². The Bertz CT molecular complexity index is 423. The Labute approximate surface area is 99.3 Å². The van der Waals surface area contributed by atoms with Gasteiger partial charge in [0, 0.05) is 23.6 Å². The normalized spacial score (nSPS) is 11.5. The molecular formula is C9H9F3N2O2S. The van der Waals surface area contributed by atoms with Crippen LogP contribution < -0.4 is 5.32 Å². The van der Waals surface area contributed by atoms with Crippen LogP contribution in [0.1, 0.15) is 5.56 Å². The van der Waals surface area contributed by atoms with Crippen LogP contribution in [-0.4, -0.2) is 17.5 Å². The van der Waals surface area contributed by atoms with Gasteiger partial charge in [0.2, 0.25) is 0 Å². The van der Waals surface area contributed by atoms with Gasteiger partial charge in [-0.1, -0.05) is 0 Å². The Hall–Kier alpha value is -1.28. The zero-order valence-electron chi connectivity index (χ0n) is 8.75. The molecule has 0 unspecified atom stereocenters. The van der Waals surface area contributed by atoms with Gasteiger partial charge >= 0.3 is 5.51 Å². The lowest BCUT2D eigenvalue weighted by Gasteiger charge is -2.10. The number of nitro benzene ring substituents is 1. The molecule has 1 rings (SSSR count). The highest BCUT2D eigenvalue weighted by Gasteiger charge is 2.30. The maximum Gasteiger partial charge on any atom is 0.446 e. The zero-order valence-corrected chi connectivity index (χ0v) is 9.56. The number of non-ortho nitro benzene ring substituents is 1. The number of benzene rings is 1. The van der Waals surface area contributed by atoms with Crippen molar-refractivity contribution in [3.63, 3.8) is 0 Å². The van der Waals surface area contributed by atoms with Gasteiger partial charge in [0.05, 0.1) is 4.92 Å². The first-order valence-electron chi connectivity index (χ1n) is 4.51. The van der Waals surface area contributed by atoms with Crippen molar-refractivity contribution in [1.29, 1.82) is 0 Å². The minimum Gasteiger partial charge on any atom is -0.316 e. The van der Waals surface area contributed by atoms with Crippen LogP contribution in [0, 0.1) is 10.1 Å². The molecule has 0 aliphatic heterocycles.